The van der Waals surface area contributed by atoms with E-state index in [2.05, 4.69) is 10.3 Å². The van der Waals surface area contributed by atoms with Crippen LogP contribution in [0, 0.1) is 0 Å². The Labute approximate surface area is 82.1 Å². The Morgan fingerprint density at radius 2 is 2.38 bits per heavy atom. The van der Waals surface area contributed by atoms with Gasteiger partial charge in [-0.2, -0.15) is 0 Å². The summed E-state index contributed by atoms with van der Waals surface area (Å²) in [5.41, 5.74) is 0.683. The van der Waals surface area contributed by atoms with Crippen LogP contribution in [0.15, 0.2) is 18.3 Å². The third kappa shape index (κ3) is 3.42. The summed E-state index contributed by atoms with van der Waals surface area (Å²) in [5.74, 6) is 0.00613. The first-order chi connectivity index (χ1) is 6.22. The summed E-state index contributed by atoms with van der Waals surface area (Å²) >= 11 is 5.59. The highest BCUT2D eigenvalue weighted by Crippen LogP contribution is 2.09. The van der Waals surface area contributed by atoms with Gasteiger partial charge in [0.2, 0.25) is 5.91 Å². The first kappa shape index (κ1) is 9.99. The molecule has 0 saturated heterocycles. The Morgan fingerprint density at radius 1 is 1.62 bits per heavy atom. The zero-order valence-electron chi connectivity index (χ0n) is 7.38. The number of aromatic nitrogens is 1. The van der Waals surface area contributed by atoms with Crippen molar-refractivity contribution in [2.75, 3.05) is 5.32 Å². The van der Waals surface area contributed by atoms with Gasteiger partial charge in [-0.25, -0.2) is 4.98 Å². The highest BCUT2D eigenvalue weighted by molar-refractivity contribution is 6.29. The van der Waals surface area contributed by atoms with Gasteiger partial charge in [-0.1, -0.05) is 18.5 Å². The Bertz CT molecular complexity index is 284. The van der Waals surface area contributed by atoms with Crippen LogP contribution in [0.4, 0.5) is 5.69 Å². The molecule has 1 amide bonds. The minimum absolute atomic E-state index is 0.00613. The van der Waals surface area contributed by atoms with Gasteiger partial charge in [0, 0.05) is 6.42 Å². The predicted octanol–water partition coefficient (Wildman–Crippen LogP) is 2.47. The van der Waals surface area contributed by atoms with Gasteiger partial charge in [0.15, 0.2) is 0 Å². The summed E-state index contributed by atoms with van der Waals surface area (Å²) in [6.45, 7) is 1.96. The van der Waals surface area contributed by atoms with Crippen LogP contribution in [-0.2, 0) is 4.79 Å². The third-order valence-electron chi connectivity index (χ3n) is 1.49. The summed E-state index contributed by atoms with van der Waals surface area (Å²) in [6, 6.07) is 3.37. The van der Waals surface area contributed by atoms with Gasteiger partial charge in [0.05, 0.1) is 11.9 Å². The van der Waals surface area contributed by atoms with Crippen molar-refractivity contribution in [2.45, 2.75) is 19.8 Å². The van der Waals surface area contributed by atoms with Crippen LogP contribution in [0.25, 0.3) is 0 Å². The minimum Gasteiger partial charge on any atom is -0.325 e. The number of nitrogens with zero attached hydrogens (tertiary/aromatic N) is 1. The average molecular weight is 199 g/mol. The van der Waals surface area contributed by atoms with E-state index >= 15 is 0 Å². The summed E-state index contributed by atoms with van der Waals surface area (Å²) in [7, 11) is 0. The molecule has 3 nitrogen and oxygen atoms in total. The van der Waals surface area contributed by atoms with Crippen molar-refractivity contribution in [3.63, 3.8) is 0 Å². The third-order valence-corrected chi connectivity index (χ3v) is 1.71. The van der Waals surface area contributed by atoms with Crippen molar-refractivity contribution in [2.24, 2.45) is 0 Å². The van der Waals surface area contributed by atoms with Crippen LogP contribution in [0.5, 0.6) is 0 Å². The second kappa shape index (κ2) is 4.82. The lowest BCUT2D eigenvalue weighted by molar-refractivity contribution is -0.116. The number of carbonyl (C=O) groups is 1. The first-order valence-electron chi connectivity index (χ1n) is 4.13. The van der Waals surface area contributed by atoms with E-state index in [-0.39, 0.29) is 5.91 Å². The fraction of sp³-hybridized carbons (Fsp3) is 0.333. The Kier molecular flexibility index (Phi) is 3.71. The number of pyridine rings is 1. The molecule has 0 aliphatic heterocycles. The second-order valence-corrected chi connectivity index (χ2v) is 3.06. The smallest absolute Gasteiger partial charge is 0.224 e. The molecule has 1 aromatic rings. The summed E-state index contributed by atoms with van der Waals surface area (Å²) < 4.78 is 0. The van der Waals surface area contributed by atoms with Gasteiger partial charge in [0.1, 0.15) is 5.15 Å². The van der Waals surface area contributed by atoms with Crippen molar-refractivity contribution in [3.8, 4) is 0 Å². The molecule has 0 spiro atoms. The van der Waals surface area contributed by atoms with E-state index in [1.165, 1.54) is 6.20 Å². The molecule has 0 atom stereocenters. The van der Waals surface area contributed by atoms with E-state index in [1.807, 2.05) is 6.92 Å². The van der Waals surface area contributed by atoms with Crippen LogP contribution in [0.3, 0.4) is 0 Å². The van der Waals surface area contributed by atoms with E-state index in [9.17, 15) is 4.79 Å². The van der Waals surface area contributed by atoms with Gasteiger partial charge in [-0.05, 0) is 18.6 Å². The quantitative estimate of drug-likeness (QED) is 0.759. The molecule has 1 rings (SSSR count). The van der Waals surface area contributed by atoms with Gasteiger partial charge >= 0.3 is 0 Å². The number of carbonyl (C=O) groups excluding carboxylic acids is 1. The Morgan fingerprint density at radius 3 is 2.92 bits per heavy atom. The molecule has 4 heteroatoms. The molecular weight excluding hydrogens is 188 g/mol. The van der Waals surface area contributed by atoms with Gasteiger partial charge in [-0.3, -0.25) is 4.79 Å². The number of amides is 1. The zero-order chi connectivity index (χ0) is 9.68. The largest absolute Gasteiger partial charge is 0.325 e. The van der Waals surface area contributed by atoms with Crippen LogP contribution in [-0.4, -0.2) is 10.9 Å². The molecule has 1 aromatic heterocycles. The van der Waals surface area contributed by atoms with Crippen LogP contribution in [0.1, 0.15) is 19.8 Å². The average Bonchev–Trinajstić information content (AvgIpc) is 2.09. The van der Waals surface area contributed by atoms with E-state index in [1.54, 1.807) is 12.1 Å². The lowest BCUT2D eigenvalue weighted by atomic mass is 10.3. The fourth-order valence-corrected chi connectivity index (χ4v) is 1.01. The molecule has 1 heterocycles. The number of halogens is 1. The monoisotopic (exact) mass is 198 g/mol. The number of hydrogen-bond acceptors (Lipinski definition) is 2. The Hall–Kier alpha value is -1.09. The Balaban J connectivity index is 2.54. The molecule has 0 aliphatic rings. The molecule has 70 valence electrons. The lowest BCUT2D eigenvalue weighted by Gasteiger charge is -2.02. The first-order valence-corrected chi connectivity index (χ1v) is 4.51. The lowest BCUT2D eigenvalue weighted by Crippen LogP contribution is -2.10. The van der Waals surface area contributed by atoms with Gasteiger partial charge in [-0.15, -0.1) is 0 Å². The summed E-state index contributed by atoms with van der Waals surface area (Å²) in [4.78, 5) is 15.0. The van der Waals surface area contributed by atoms with E-state index in [0.29, 0.717) is 17.3 Å². The number of rotatable bonds is 3. The van der Waals surface area contributed by atoms with Crippen LogP contribution in [0.2, 0.25) is 5.15 Å². The molecule has 0 unspecified atom stereocenters. The molecule has 0 fully saturated rings. The highest BCUT2D eigenvalue weighted by atomic mass is 35.5. The van der Waals surface area contributed by atoms with Gasteiger partial charge in [0.25, 0.3) is 0 Å². The van der Waals surface area contributed by atoms with Gasteiger partial charge < -0.3 is 5.32 Å². The molecule has 0 aromatic carbocycles. The summed E-state index contributed by atoms with van der Waals surface area (Å²) in [6.07, 6.45) is 2.91. The SMILES string of the molecule is CCCC(=O)Nc1ccc(Cl)nc1. The second-order valence-electron chi connectivity index (χ2n) is 2.67. The zero-order valence-corrected chi connectivity index (χ0v) is 8.14. The standard InChI is InChI=1S/C9H11ClN2O/c1-2-3-9(13)12-7-4-5-8(10)11-6-7/h4-6H,2-3H2,1H3,(H,12,13). The molecule has 1 N–H and O–H groups in total. The highest BCUT2D eigenvalue weighted by Gasteiger charge is 1.99. The molecule has 0 bridgehead atoms. The minimum atomic E-state index is 0.00613. The predicted molar refractivity (Wildman–Crippen MR) is 52.8 cm³/mol. The van der Waals surface area contributed by atoms with E-state index < -0.39 is 0 Å². The van der Waals surface area contributed by atoms with Crippen molar-refractivity contribution in [1.82, 2.24) is 4.98 Å². The van der Waals surface area contributed by atoms with Crippen molar-refractivity contribution in [1.29, 1.82) is 0 Å². The van der Waals surface area contributed by atoms with Crippen molar-refractivity contribution >= 4 is 23.2 Å². The van der Waals surface area contributed by atoms with Crippen LogP contribution >= 0.6 is 11.6 Å². The number of nitrogens with one attached hydrogen (secondary N) is 1. The molecular formula is C9H11ClN2O. The summed E-state index contributed by atoms with van der Waals surface area (Å²) in [5, 5.41) is 3.13. The molecule has 0 aliphatic carbocycles. The molecule has 0 radical (unpaired) electrons. The normalized spacial score (nSPS) is 9.69. The van der Waals surface area contributed by atoms with Crippen molar-refractivity contribution in [3.05, 3.63) is 23.5 Å². The van der Waals surface area contributed by atoms with Crippen molar-refractivity contribution < 1.29 is 4.79 Å². The maximum Gasteiger partial charge on any atom is 0.224 e. The van der Waals surface area contributed by atoms with E-state index in [0.717, 1.165) is 6.42 Å². The maximum absolute atomic E-state index is 11.1. The maximum atomic E-state index is 11.1. The van der Waals surface area contributed by atoms with E-state index in [4.69, 9.17) is 11.6 Å². The molecule has 0 saturated carbocycles. The fourth-order valence-electron chi connectivity index (χ4n) is 0.900. The topological polar surface area (TPSA) is 42.0 Å². The van der Waals surface area contributed by atoms with Crippen LogP contribution < -0.4 is 5.32 Å². The number of hydrogen-bond donors (Lipinski definition) is 1. The molecule has 13 heavy (non-hydrogen) atoms. The number of anilines is 1.